The number of amides is 1. The van der Waals surface area contributed by atoms with Crippen LogP contribution < -0.4 is 0 Å². The molecule has 0 aromatic heterocycles. The molecule has 2 saturated heterocycles. The molecule has 9 heteroatoms. The van der Waals surface area contributed by atoms with Gasteiger partial charge in [0.1, 0.15) is 5.72 Å². The number of carbonyl (C=O) groups is 2. The number of aryl methyl sites for hydroxylation is 1. The molecule has 28 heavy (non-hydrogen) atoms. The predicted octanol–water partition coefficient (Wildman–Crippen LogP) is 2.03. The molecule has 2 aliphatic rings. The van der Waals surface area contributed by atoms with E-state index in [4.69, 9.17) is 4.74 Å². The summed E-state index contributed by atoms with van der Waals surface area (Å²) < 4.78 is 5.90. The Bertz CT molecular complexity index is 788. The first-order chi connectivity index (χ1) is 13.3. The first kappa shape index (κ1) is 20.2. The summed E-state index contributed by atoms with van der Waals surface area (Å²) in [5.41, 5.74) is -0.602. The standard InChI is InChI=1S/C19H25N3O6/c1-3-8-20-9-6-19(7-10-20)21(16(12-28-19)18(24)25)17(23)14-5-4-13(2)15(11-14)22(26)27/h4-5,11,16H,3,6-10,12H2,1-2H3,(H,24,25)/t16-/m0/s1. The number of carboxylic acid groups (broad SMARTS) is 1. The number of nitro groups is 1. The molecule has 2 aliphatic heterocycles. The molecule has 0 radical (unpaired) electrons. The minimum absolute atomic E-state index is 0.0805. The second kappa shape index (κ2) is 7.84. The first-order valence-electron chi connectivity index (χ1n) is 9.47. The van der Waals surface area contributed by atoms with Crippen LogP contribution in [0.5, 0.6) is 0 Å². The Hall–Kier alpha value is -2.52. The maximum Gasteiger partial charge on any atom is 0.328 e. The lowest BCUT2D eigenvalue weighted by Gasteiger charge is -2.44. The molecule has 2 heterocycles. The van der Waals surface area contributed by atoms with Crippen LogP contribution in [-0.4, -0.2) is 69.7 Å². The van der Waals surface area contributed by atoms with Gasteiger partial charge in [-0.25, -0.2) is 4.79 Å². The number of carbonyl (C=O) groups excluding carboxylic acids is 1. The van der Waals surface area contributed by atoms with Crippen LogP contribution in [0.4, 0.5) is 5.69 Å². The molecule has 1 aromatic rings. The van der Waals surface area contributed by atoms with Crippen LogP contribution in [0.3, 0.4) is 0 Å². The zero-order chi connectivity index (χ0) is 20.5. The van der Waals surface area contributed by atoms with Crippen LogP contribution in [0.1, 0.15) is 42.1 Å². The van der Waals surface area contributed by atoms with Crippen molar-refractivity contribution in [2.24, 2.45) is 0 Å². The third-order valence-corrected chi connectivity index (χ3v) is 5.59. The van der Waals surface area contributed by atoms with Gasteiger partial charge in [-0.05, 0) is 26.0 Å². The van der Waals surface area contributed by atoms with E-state index in [9.17, 15) is 24.8 Å². The number of piperidine rings is 1. The van der Waals surface area contributed by atoms with Gasteiger partial charge in [0.2, 0.25) is 0 Å². The molecule has 0 aliphatic carbocycles. The number of nitrogens with zero attached hydrogens (tertiary/aromatic N) is 3. The van der Waals surface area contributed by atoms with Gasteiger partial charge in [0.05, 0.1) is 11.5 Å². The van der Waals surface area contributed by atoms with Gasteiger partial charge in [0, 0.05) is 43.1 Å². The number of benzene rings is 1. The Morgan fingerprint density at radius 3 is 2.61 bits per heavy atom. The minimum Gasteiger partial charge on any atom is -0.480 e. The third kappa shape index (κ3) is 3.59. The summed E-state index contributed by atoms with van der Waals surface area (Å²) >= 11 is 0. The smallest absolute Gasteiger partial charge is 0.328 e. The average Bonchev–Trinajstić information content (AvgIpc) is 3.02. The summed E-state index contributed by atoms with van der Waals surface area (Å²) in [7, 11) is 0. The van der Waals surface area contributed by atoms with Crippen LogP contribution in [0.2, 0.25) is 0 Å². The summed E-state index contributed by atoms with van der Waals surface area (Å²) in [4.78, 5) is 39.3. The van der Waals surface area contributed by atoms with Crippen molar-refractivity contribution in [1.82, 2.24) is 9.80 Å². The molecule has 3 rings (SSSR count). The number of carboxylic acids is 1. The van der Waals surface area contributed by atoms with Gasteiger partial charge in [0.15, 0.2) is 6.04 Å². The second-order valence-electron chi connectivity index (χ2n) is 7.39. The molecule has 1 amide bonds. The molecular formula is C19H25N3O6. The fourth-order valence-corrected chi connectivity index (χ4v) is 4.08. The topological polar surface area (TPSA) is 113 Å². The van der Waals surface area contributed by atoms with Crippen LogP contribution in [0.15, 0.2) is 18.2 Å². The van der Waals surface area contributed by atoms with E-state index in [1.807, 2.05) is 0 Å². The first-order valence-corrected chi connectivity index (χ1v) is 9.47. The summed E-state index contributed by atoms with van der Waals surface area (Å²) in [6.07, 6.45) is 2.04. The minimum atomic E-state index is -1.14. The number of hydrogen-bond donors (Lipinski definition) is 1. The molecule has 0 saturated carbocycles. The van der Waals surface area contributed by atoms with E-state index in [2.05, 4.69) is 11.8 Å². The van der Waals surface area contributed by atoms with Crippen molar-refractivity contribution in [3.8, 4) is 0 Å². The van der Waals surface area contributed by atoms with E-state index < -0.39 is 28.6 Å². The van der Waals surface area contributed by atoms with Crippen LogP contribution >= 0.6 is 0 Å². The Morgan fingerprint density at radius 2 is 2.04 bits per heavy atom. The highest BCUT2D eigenvalue weighted by atomic mass is 16.6. The summed E-state index contributed by atoms with van der Waals surface area (Å²) in [5, 5.41) is 20.9. The van der Waals surface area contributed by atoms with Crippen molar-refractivity contribution >= 4 is 17.6 Å². The van der Waals surface area contributed by atoms with Gasteiger partial charge in [-0.3, -0.25) is 19.8 Å². The fraction of sp³-hybridized carbons (Fsp3) is 0.579. The largest absolute Gasteiger partial charge is 0.480 e. The molecule has 0 unspecified atom stereocenters. The Kier molecular flexibility index (Phi) is 5.66. The molecular weight excluding hydrogens is 366 g/mol. The zero-order valence-electron chi connectivity index (χ0n) is 16.1. The summed E-state index contributed by atoms with van der Waals surface area (Å²) in [6.45, 7) is 5.96. The predicted molar refractivity (Wildman–Crippen MR) is 100 cm³/mol. The van der Waals surface area contributed by atoms with E-state index in [1.165, 1.54) is 23.1 Å². The highest BCUT2D eigenvalue weighted by Gasteiger charge is 2.54. The molecule has 2 fully saturated rings. The quantitative estimate of drug-likeness (QED) is 0.603. The van der Waals surface area contributed by atoms with Gasteiger partial charge < -0.3 is 14.7 Å². The number of likely N-dealkylation sites (tertiary alicyclic amines) is 1. The summed E-state index contributed by atoms with van der Waals surface area (Å²) in [6, 6.07) is 3.12. The van der Waals surface area contributed by atoms with Crippen molar-refractivity contribution in [2.45, 2.75) is 44.9 Å². The van der Waals surface area contributed by atoms with E-state index in [-0.39, 0.29) is 17.9 Å². The Morgan fingerprint density at radius 1 is 1.36 bits per heavy atom. The lowest BCUT2D eigenvalue weighted by molar-refractivity contribution is -0.385. The normalized spacial score (nSPS) is 21.8. The number of aliphatic carboxylic acids is 1. The molecule has 9 nitrogen and oxygen atoms in total. The SMILES string of the molecule is CCCN1CCC2(CC1)OC[C@@H](C(=O)O)N2C(=O)c1ccc(C)c([N+](=O)[O-])c1. The van der Waals surface area contributed by atoms with Crippen molar-refractivity contribution in [2.75, 3.05) is 26.2 Å². The summed E-state index contributed by atoms with van der Waals surface area (Å²) in [5.74, 6) is -1.68. The maximum absolute atomic E-state index is 13.3. The van der Waals surface area contributed by atoms with Crippen molar-refractivity contribution in [1.29, 1.82) is 0 Å². The van der Waals surface area contributed by atoms with Gasteiger partial charge in [-0.2, -0.15) is 0 Å². The highest BCUT2D eigenvalue weighted by molar-refractivity contribution is 5.98. The van der Waals surface area contributed by atoms with E-state index in [0.717, 1.165) is 13.0 Å². The molecule has 1 N–H and O–H groups in total. The zero-order valence-corrected chi connectivity index (χ0v) is 16.1. The van der Waals surface area contributed by atoms with Crippen molar-refractivity contribution in [3.63, 3.8) is 0 Å². The van der Waals surface area contributed by atoms with Gasteiger partial charge in [0.25, 0.3) is 11.6 Å². The van der Waals surface area contributed by atoms with Crippen LogP contribution in [0, 0.1) is 17.0 Å². The highest BCUT2D eigenvalue weighted by Crippen LogP contribution is 2.38. The Labute approximate surface area is 163 Å². The van der Waals surface area contributed by atoms with Gasteiger partial charge in [-0.15, -0.1) is 0 Å². The van der Waals surface area contributed by atoms with Crippen molar-refractivity contribution < 1.29 is 24.4 Å². The van der Waals surface area contributed by atoms with Crippen molar-refractivity contribution in [3.05, 3.63) is 39.4 Å². The van der Waals surface area contributed by atoms with E-state index >= 15 is 0 Å². The lowest BCUT2D eigenvalue weighted by atomic mass is 9.96. The molecule has 1 spiro atoms. The molecule has 1 aromatic carbocycles. The third-order valence-electron chi connectivity index (χ3n) is 5.59. The Balaban J connectivity index is 1.93. The number of nitro benzene ring substituents is 1. The average molecular weight is 391 g/mol. The lowest BCUT2D eigenvalue weighted by Crippen LogP contribution is -2.58. The van der Waals surface area contributed by atoms with E-state index in [0.29, 0.717) is 31.5 Å². The number of rotatable bonds is 5. The number of hydrogen-bond acceptors (Lipinski definition) is 6. The fourth-order valence-electron chi connectivity index (χ4n) is 4.08. The molecule has 0 bridgehead atoms. The maximum atomic E-state index is 13.3. The van der Waals surface area contributed by atoms with Gasteiger partial charge >= 0.3 is 5.97 Å². The van der Waals surface area contributed by atoms with E-state index in [1.54, 1.807) is 6.92 Å². The molecule has 152 valence electrons. The van der Waals surface area contributed by atoms with Gasteiger partial charge in [-0.1, -0.05) is 13.0 Å². The molecule has 1 atom stereocenters. The second-order valence-corrected chi connectivity index (χ2v) is 7.39. The van der Waals surface area contributed by atoms with Crippen LogP contribution in [-0.2, 0) is 9.53 Å². The monoisotopic (exact) mass is 391 g/mol. The number of ether oxygens (including phenoxy) is 1. The van der Waals surface area contributed by atoms with Crippen LogP contribution in [0.25, 0.3) is 0 Å².